The van der Waals surface area contributed by atoms with Gasteiger partial charge < -0.3 is 20.1 Å². The number of ether oxygens (including phenoxy) is 2. The van der Waals surface area contributed by atoms with Gasteiger partial charge in [0.1, 0.15) is 11.5 Å². The van der Waals surface area contributed by atoms with E-state index in [1.54, 1.807) is 55.6 Å². The highest BCUT2D eigenvalue weighted by atomic mass is 32.2. The van der Waals surface area contributed by atoms with Gasteiger partial charge in [-0.1, -0.05) is 30.0 Å². The van der Waals surface area contributed by atoms with Gasteiger partial charge in [0.25, 0.3) is 0 Å². The maximum atomic E-state index is 13.5. The lowest BCUT2D eigenvalue weighted by Crippen LogP contribution is -2.26. The predicted molar refractivity (Wildman–Crippen MR) is 152 cm³/mol. The van der Waals surface area contributed by atoms with Gasteiger partial charge in [-0.05, 0) is 67.1 Å². The highest BCUT2D eigenvalue weighted by Gasteiger charge is 2.31. The molecule has 0 radical (unpaired) electrons. The Kier molecular flexibility index (Phi) is 10.1. The monoisotopic (exact) mass is 599 g/mol. The molecule has 4 aromatic rings. The minimum absolute atomic E-state index is 0.0784. The number of carbonyl (C=O) groups excluding carboxylic acids is 2. The van der Waals surface area contributed by atoms with Gasteiger partial charge >= 0.3 is 6.18 Å². The molecule has 1 aromatic heterocycles. The summed E-state index contributed by atoms with van der Waals surface area (Å²) in [5, 5.41) is 13.9. The third-order valence-corrected chi connectivity index (χ3v) is 6.81. The molecule has 2 amide bonds. The average molecular weight is 600 g/mol. The fourth-order valence-electron chi connectivity index (χ4n) is 3.89. The Hall–Kier alpha value is -4.52. The van der Waals surface area contributed by atoms with Crippen molar-refractivity contribution in [1.82, 2.24) is 20.1 Å². The number of thioether (sulfide) groups is 1. The molecular formula is C29H28F3N5O4S. The van der Waals surface area contributed by atoms with E-state index in [1.807, 2.05) is 6.92 Å². The van der Waals surface area contributed by atoms with Crippen molar-refractivity contribution in [3.8, 4) is 17.2 Å². The van der Waals surface area contributed by atoms with Gasteiger partial charge in [0.15, 0.2) is 11.0 Å². The molecular weight excluding hydrogens is 571 g/mol. The predicted octanol–water partition coefficient (Wildman–Crippen LogP) is 5.28. The fourth-order valence-corrected chi connectivity index (χ4v) is 4.66. The molecule has 9 nitrogen and oxygen atoms in total. The number of hydrogen-bond acceptors (Lipinski definition) is 7. The van der Waals surface area contributed by atoms with Crippen LogP contribution in [0.4, 0.5) is 18.9 Å². The second-order valence-corrected chi connectivity index (χ2v) is 9.82. The van der Waals surface area contributed by atoms with Crippen LogP contribution in [0.5, 0.6) is 11.5 Å². The first-order valence-electron chi connectivity index (χ1n) is 12.8. The van der Waals surface area contributed by atoms with Crippen LogP contribution < -0.4 is 20.1 Å². The van der Waals surface area contributed by atoms with Crippen LogP contribution in [0.1, 0.15) is 23.9 Å². The summed E-state index contributed by atoms with van der Waals surface area (Å²) in [5.74, 6) is 0.773. The van der Waals surface area contributed by atoms with E-state index in [9.17, 15) is 22.8 Å². The molecule has 0 aliphatic heterocycles. The summed E-state index contributed by atoms with van der Waals surface area (Å²) in [6.07, 6.45) is -4.49. The van der Waals surface area contributed by atoms with Gasteiger partial charge in [-0.3, -0.25) is 14.2 Å². The van der Waals surface area contributed by atoms with Crippen LogP contribution in [0.25, 0.3) is 5.69 Å². The molecule has 0 saturated heterocycles. The van der Waals surface area contributed by atoms with Gasteiger partial charge in [0.2, 0.25) is 11.8 Å². The molecule has 0 aliphatic rings. The van der Waals surface area contributed by atoms with E-state index in [-0.39, 0.29) is 47.2 Å². The maximum absolute atomic E-state index is 13.5. The van der Waals surface area contributed by atoms with Gasteiger partial charge in [-0.25, -0.2) is 0 Å². The molecule has 0 aliphatic carbocycles. The number of methoxy groups -OCH3 is 1. The normalized spacial score (nSPS) is 11.2. The zero-order valence-corrected chi connectivity index (χ0v) is 23.6. The van der Waals surface area contributed by atoms with Crippen molar-refractivity contribution in [3.05, 3.63) is 89.7 Å². The van der Waals surface area contributed by atoms with E-state index in [0.29, 0.717) is 23.8 Å². The van der Waals surface area contributed by atoms with E-state index in [1.165, 1.54) is 16.7 Å². The summed E-state index contributed by atoms with van der Waals surface area (Å²) in [5.41, 5.74) is 0.599. The Morgan fingerprint density at radius 1 is 0.952 bits per heavy atom. The van der Waals surface area contributed by atoms with Crippen molar-refractivity contribution in [2.75, 3.05) is 24.8 Å². The molecule has 1 heterocycles. The van der Waals surface area contributed by atoms with E-state index >= 15 is 0 Å². The Balaban J connectivity index is 1.49. The Labute approximate surface area is 244 Å². The summed E-state index contributed by atoms with van der Waals surface area (Å²) in [7, 11) is 1.54. The van der Waals surface area contributed by atoms with Crippen LogP contribution in [0.3, 0.4) is 0 Å². The van der Waals surface area contributed by atoms with Crippen molar-refractivity contribution in [3.63, 3.8) is 0 Å². The topological polar surface area (TPSA) is 107 Å². The summed E-state index contributed by atoms with van der Waals surface area (Å²) in [6.45, 7) is 2.29. The van der Waals surface area contributed by atoms with Gasteiger partial charge in [-0.2, -0.15) is 13.2 Å². The van der Waals surface area contributed by atoms with Gasteiger partial charge in [0, 0.05) is 5.69 Å². The van der Waals surface area contributed by atoms with Crippen LogP contribution >= 0.6 is 11.8 Å². The number of aromatic nitrogens is 3. The molecule has 0 spiro atoms. The molecule has 0 saturated carbocycles. The second-order valence-electron chi connectivity index (χ2n) is 8.88. The van der Waals surface area contributed by atoms with Crippen molar-refractivity contribution in [1.29, 1.82) is 0 Å². The molecule has 0 atom stereocenters. The number of anilines is 1. The zero-order chi connectivity index (χ0) is 30.1. The van der Waals surface area contributed by atoms with E-state index in [0.717, 1.165) is 29.5 Å². The second kappa shape index (κ2) is 13.9. The minimum Gasteiger partial charge on any atom is -0.497 e. The van der Waals surface area contributed by atoms with E-state index in [2.05, 4.69) is 20.8 Å². The number of nitrogens with one attached hydrogen (secondary N) is 2. The first-order chi connectivity index (χ1) is 20.2. The average Bonchev–Trinajstić information content (AvgIpc) is 3.39. The van der Waals surface area contributed by atoms with Crippen LogP contribution in [-0.4, -0.2) is 46.0 Å². The van der Waals surface area contributed by atoms with E-state index in [4.69, 9.17) is 9.47 Å². The smallest absolute Gasteiger partial charge is 0.416 e. The summed E-state index contributed by atoms with van der Waals surface area (Å²) < 4.78 is 52.3. The minimum atomic E-state index is -4.57. The number of benzene rings is 3. The molecule has 0 fully saturated rings. The Morgan fingerprint density at radius 3 is 2.33 bits per heavy atom. The van der Waals surface area contributed by atoms with E-state index < -0.39 is 11.7 Å². The third kappa shape index (κ3) is 8.26. The molecule has 42 heavy (non-hydrogen) atoms. The lowest BCUT2D eigenvalue weighted by Gasteiger charge is -2.13. The molecule has 0 unspecified atom stereocenters. The summed E-state index contributed by atoms with van der Waals surface area (Å²) in [6, 6.07) is 18.5. The molecule has 4 rings (SSSR count). The SMILES string of the molecule is CCOc1ccc(NC(=O)CSc2nnc(CNC(=O)Cc3ccc(OC)cc3)n2-c2cccc(C(F)(F)F)c2)cc1. The lowest BCUT2D eigenvalue weighted by atomic mass is 10.1. The summed E-state index contributed by atoms with van der Waals surface area (Å²) in [4.78, 5) is 25.2. The first kappa shape index (κ1) is 30.4. The quantitative estimate of drug-likeness (QED) is 0.213. The molecule has 2 N–H and O–H groups in total. The fraction of sp³-hybridized carbons (Fsp3) is 0.241. The van der Waals surface area contributed by atoms with Gasteiger partial charge in [-0.15, -0.1) is 10.2 Å². The maximum Gasteiger partial charge on any atom is 0.416 e. The number of amides is 2. The highest BCUT2D eigenvalue weighted by molar-refractivity contribution is 7.99. The van der Waals surface area contributed by atoms with Crippen molar-refractivity contribution in [2.24, 2.45) is 0 Å². The molecule has 220 valence electrons. The number of halogens is 3. The zero-order valence-electron chi connectivity index (χ0n) is 22.8. The van der Waals surface area contributed by atoms with Crippen LogP contribution in [0.15, 0.2) is 78.0 Å². The first-order valence-corrected chi connectivity index (χ1v) is 13.8. The van der Waals surface area contributed by atoms with Crippen LogP contribution in [0.2, 0.25) is 0 Å². The van der Waals surface area contributed by atoms with Crippen LogP contribution in [-0.2, 0) is 28.7 Å². The third-order valence-electron chi connectivity index (χ3n) is 5.88. The lowest BCUT2D eigenvalue weighted by molar-refractivity contribution is -0.137. The number of carbonyl (C=O) groups is 2. The molecule has 13 heteroatoms. The molecule has 3 aromatic carbocycles. The van der Waals surface area contributed by atoms with Crippen molar-refractivity contribution >= 4 is 29.3 Å². The Morgan fingerprint density at radius 2 is 1.67 bits per heavy atom. The number of alkyl halides is 3. The van der Waals surface area contributed by atoms with Crippen LogP contribution in [0, 0.1) is 0 Å². The molecule has 0 bridgehead atoms. The number of nitrogens with zero attached hydrogens (tertiary/aromatic N) is 3. The standard InChI is InChI=1S/C29H28F3N5O4S/c1-3-41-24-13-9-21(10-14-24)34-27(39)18-42-28-36-35-25(37(28)22-6-4-5-20(16-22)29(30,31)32)17-33-26(38)15-19-7-11-23(40-2)12-8-19/h4-14,16H,3,15,17-18H2,1-2H3,(H,33,38)(H,34,39). The highest BCUT2D eigenvalue weighted by Crippen LogP contribution is 2.32. The van der Waals surface area contributed by atoms with Crippen molar-refractivity contribution in [2.45, 2.75) is 31.2 Å². The Bertz CT molecular complexity index is 1510. The summed E-state index contributed by atoms with van der Waals surface area (Å²) >= 11 is 1.00. The largest absolute Gasteiger partial charge is 0.497 e. The number of rotatable bonds is 12. The van der Waals surface area contributed by atoms with Gasteiger partial charge in [0.05, 0.1) is 43.7 Å². The van der Waals surface area contributed by atoms with Crippen molar-refractivity contribution < 1.29 is 32.2 Å². The number of hydrogen-bond donors (Lipinski definition) is 2.